The highest BCUT2D eigenvalue weighted by molar-refractivity contribution is 5.25. The van der Waals surface area contributed by atoms with Gasteiger partial charge in [0.05, 0.1) is 0 Å². The standard InChI is InChI=1S/C16H27N/c1-4-6-11-16(17-5-2)13-12-15-10-8-7-9-14(15)3/h7-10,16-17H,4-6,11-13H2,1-3H3. The molecule has 0 heterocycles. The molecule has 0 bridgehead atoms. The molecule has 0 aliphatic rings. The molecule has 1 N–H and O–H groups in total. The van der Waals surface area contributed by atoms with Crippen LogP contribution in [0.15, 0.2) is 24.3 Å². The molecule has 17 heavy (non-hydrogen) atoms. The number of rotatable bonds is 8. The Morgan fingerprint density at radius 3 is 2.53 bits per heavy atom. The lowest BCUT2D eigenvalue weighted by Crippen LogP contribution is -2.29. The summed E-state index contributed by atoms with van der Waals surface area (Å²) in [5.41, 5.74) is 2.94. The molecule has 1 atom stereocenters. The van der Waals surface area contributed by atoms with Crippen molar-refractivity contribution in [2.24, 2.45) is 0 Å². The first-order chi connectivity index (χ1) is 8.27. The molecule has 1 rings (SSSR count). The van der Waals surface area contributed by atoms with Gasteiger partial charge in [-0.15, -0.1) is 0 Å². The maximum atomic E-state index is 3.61. The van der Waals surface area contributed by atoms with E-state index >= 15 is 0 Å². The van der Waals surface area contributed by atoms with Crippen molar-refractivity contribution in [1.29, 1.82) is 0 Å². The van der Waals surface area contributed by atoms with E-state index in [4.69, 9.17) is 0 Å². The SMILES string of the molecule is CCCCC(CCc1ccccc1C)NCC. The van der Waals surface area contributed by atoms with Gasteiger partial charge >= 0.3 is 0 Å². The van der Waals surface area contributed by atoms with E-state index in [0.29, 0.717) is 6.04 Å². The van der Waals surface area contributed by atoms with Gasteiger partial charge in [0, 0.05) is 6.04 Å². The molecule has 1 aromatic rings. The lowest BCUT2D eigenvalue weighted by atomic mass is 9.98. The maximum absolute atomic E-state index is 3.61. The monoisotopic (exact) mass is 233 g/mol. The van der Waals surface area contributed by atoms with Crippen molar-refractivity contribution in [3.63, 3.8) is 0 Å². The zero-order valence-electron chi connectivity index (χ0n) is 11.6. The summed E-state index contributed by atoms with van der Waals surface area (Å²) < 4.78 is 0. The van der Waals surface area contributed by atoms with Gasteiger partial charge in [0.2, 0.25) is 0 Å². The molecule has 0 aliphatic carbocycles. The van der Waals surface area contributed by atoms with Crippen LogP contribution in [0.25, 0.3) is 0 Å². The van der Waals surface area contributed by atoms with Crippen molar-refractivity contribution in [3.8, 4) is 0 Å². The first-order valence-electron chi connectivity index (χ1n) is 7.05. The van der Waals surface area contributed by atoms with Crippen LogP contribution >= 0.6 is 0 Å². The third kappa shape index (κ3) is 5.36. The van der Waals surface area contributed by atoms with Crippen LogP contribution < -0.4 is 5.32 Å². The highest BCUT2D eigenvalue weighted by atomic mass is 14.9. The molecule has 1 nitrogen and oxygen atoms in total. The molecule has 0 fully saturated rings. The smallest absolute Gasteiger partial charge is 0.00701 e. The number of nitrogens with one attached hydrogen (secondary N) is 1. The summed E-state index contributed by atoms with van der Waals surface area (Å²) in [5, 5.41) is 3.61. The fourth-order valence-corrected chi connectivity index (χ4v) is 2.31. The molecule has 1 heteroatoms. The average Bonchev–Trinajstić information content (AvgIpc) is 2.34. The largest absolute Gasteiger partial charge is 0.314 e. The fraction of sp³-hybridized carbons (Fsp3) is 0.625. The lowest BCUT2D eigenvalue weighted by Gasteiger charge is -2.18. The molecule has 0 radical (unpaired) electrons. The lowest BCUT2D eigenvalue weighted by molar-refractivity contribution is 0.449. The highest BCUT2D eigenvalue weighted by Gasteiger charge is 2.07. The predicted octanol–water partition coefficient (Wildman–Crippen LogP) is 4.10. The Hall–Kier alpha value is -0.820. The van der Waals surface area contributed by atoms with Crippen LogP contribution in [0.4, 0.5) is 0 Å². The van der Waals surface area contributed by atoms with Crippen LogP contribution in [0.2, 0.25) is 0 Å². The van der Waals surface area contributed by atoms with Gasteiger partial charge in [-0.25, -0.2) is 0 Å². The third-order valence-corrected chi connectivity index (χ3v) is 3.42. The summed E-state index contributed by atoms with van der Waals surface area (Å²) in [5.74, 6) is 0. The van der Waals surface area contributed by atoms with Crippen LogP contribution in [0.1, 0.15) is 50.7 Å². The second kappa shape index (κ2) is 8.30. The van der Waals surface area contributed by atoms with E-state index in [0.717, 1.165) is 6.54 Å². The molecule has 0 saturated carbocycles. The van der Waals surface area contributed by atoms with E-state index in [2.05, 4.69) is 50.4 Å². The first kappa shape index (κ1) is 14.2. The van der Waals surface area contributed by atoms with Crippen LogP contribution in [-0.2, 0) is 6.42 Å². The molecular weight excluding hydrogens is 206 g/mol. The number of unbranched alkanes of at least 4 members (excludes halogenated alkanes) is 1. The van der Waals surface area contributed by atoms with E-state index in [1.807, 2.05) is 0 Å². The van der Waals surface area contributed by atoms with E-state index in [-0.39, 0.29) is 0 Å². The molecule has 96 valence electrons. The fourth-order valence-electron chi connectivity index (χ4n) is 2.31. The van der Waals surface area contributed by atoms with Gasteiger partial charge in [0.25, 0.3) is 0 Å². The average molecular weight is 233 g/mol. The Balaban J connectivity index is 2.42. The van der Waals surface area contributed by atoms with Crippen molar-refractivity contribution < 1.29 is 0 Å². The van der Waals surface area contributed by atoms with E-state index in [1.54, 1.807) is 0 Å². The summed E-state index contributed by atoms with van der Waals surface area (Å²) >= 11 is 0. The Kier molecular flexibility index (Phi) is 6.95. The van der Waals surface area contributed by atoms with Crippen LogP contribution in [0.5, 0.6) is 0 Å². The Labute approximate surface area is 107 Å². The predicted molar refractivity (Wildman–Crippen MR) is 76.5 cm³/mol. The van der Waals surface area contributed by atoms with Crippen LogP contribution in [0, 0.1) is 6.92 Å². The number of benzene rings is 1. The van der Waals surface area contributed by atoms with E-state index in [9.17, 15) is 0 Å². The topological polar surface area (TPSA) is 12.0 Å². The Morgan fingerprint density at radius 2 is 1.88 bits per heavy atom. The molecule has 0 aliphatic heterocycles. The third-order valence-electron chi connectivity index (χ3n) is 3.42. The van der Waals surface area contributed by atoms with Crippen LogP contribution in [0.3, 0.4) is 0 Å². The summed E-state index contributed by atoms with van der Waals surface area (Å²) in [6, 6.07) is 9.44. The van der Waals surface area contributed by atoms with Crippen molar-refractivity contribution >= 4 is 0 Å². The minimum Gasteiger partial charge on any atom is -0.314 e. The van der Waals surface area contributed by atoms with Gasteiger partial charge < -0.3 is 5.32 Å². The molecule has 1 unspecified atom stereocenters. The minimum atomic E-state index is 0.694. The van der Waals surface area contributed by atoms with Gasteiger partial charge in [-0.05, 0) is 43.9 Å². The Morgan fingerprint density at radius 1 is 1.12 bits per heavy atom. The Bertz CT molecular complexity index is 306. The van der Waals surface area contributed by atoms with Crippen molar-refractivity contribution in [3.05, 3.63) is 35.4 Å². The van der Waals surface area contributed by atoms with Gasteiger partial charge in [0.1, 0.15) is 0 Å². The molecular formula is C16H27N. The van der Waals surface area contributed by atoms with E-state index in [1.165, 1.54) is 43.2 Å². The van der Waals surface area contributed by atoms with Crippen molar-refractivity contribution in [2.45, 2.75) is 58.9 Å². The molecule has 0 amide bonds. The van der Waals surface area contributed by atoms with E-state index < -0.39 is 0 Å². The number of aryl methyl sites for hydroxylation is 2. The zero-order valence-corrected chi connectivity index (χ0v) is 11.6. The summed E-state index contributed by atoms with van der Waals surface area (Å²) in [7, 11) is 0. The number of hydrogen-bond acceptors (Lipinski definition) is 1. The molecule has 0 aromatic heterocycles. The molecule has 1 aromatic carbocycles. The van der Waals surface area contributed by atoms with Crippen molar-refractivity contribution in [1.82, 2.24) is 5.32 Å². The second-order valence-corrected chi connectivity index (χ2v) is 4.86. The van der Waals surface area contributed by atoms with Gasteiger partial charge in [0.15, 0.2) is 0 Å². The molecule has 0 spiro atoms. The summed E-state index contributed by atoms with van der Waals surface area (Å²) in [6.45, 7) is 7.77. The van der Waals surface area contributed by atoms with Gasteiger partial charge in [-0.1, -0.05) is 51.0 Å². The first-order valence-corrected chi connectivity index (χ1v) is 7.05. The summed E-state index contributed by atoms with van der Waals surface area (Å²) in [4.78, 5) is 0. The minimum absolute atomic E-state index is 0.694. The maximum Gasteiger partial charge on any atom is 0.00701 e. The van der Waals surface area contributed by atoms with Gasteiger partial charge in [-0.3, -0.25) is 0 Å². The highest BCUT2D eigenvalue weighted by Crippen LogP contribution is 2.13. The quantitative estimate of drug-likeness (QED) is 0.713. The summed E-state index contributed by atoms with van der Waals surface area (Å²) in [6.07, 6.45) is 6.42. The van der Waals surface area contributed by atoms with Crippen LogP contribution in [-0.4, -0.2) is 12.6 Å². The zero-order chi connectivity index (χ0) is 12.5. The molecule has 0 saturated heterocycles. The second-order valence-electron chi connectivity index (χ2n) is 4.86. The number of hydrogen-bond donors (Lipinski definition) is 1. The normalized spacial score (nSPS) is 12.6. The van der Waals surface area contributed by atoms with Gasteiger partial charge in [-0.2, -0.15) is 0 Å². The van der Waals surface area contributed by atoms with Crippen molar-refractivity contribution in [2.75, 3.05) is 6.54 Å².